The molecular weight excluding hydrogens is 320 g/mol. The van der Waals surface area contributed by atoms with Gasteiger partial charge in [0, 0.05) is 6.61 Å². The third-order valence-electron chi connectivity index (χ3n) is 10.2. The summed E-state index contributed by atoms with van der Waals surface area (Å²) in [6.45, 7) is 8.05. The van der Waals surface area contributed by atoms with Crippen LogP contribution in [-0.2, 0) is 0 Å². The first-order chi connectivity index (χ1) is 12.4. The van der Waals surface area contributed by atoms with E-state index in [0.29, 0.717) is 17.4 Å². The van der Waals surface area contributed by atoms with Gasteiger partial charge in [0.15, 0.2) is 0 Å². The summed E-state index contributed by atoms with van der Waals surface area (Å²) in [7, 11) is 0. The Morgan fingerprint density at radius 3 is 2.42 bits per heavy atom. The summed E-state index contributed by atoms with van der Waals surface area (Å²) >= 11 is 0. The van der Waals surface area contributed by atoms with E-state index in [-0.39, 0.29) is 6.10 Å². The lowest BCUT2D eigenvalue weighted by atomic mass is 9.44. The molecule has 0 radical (unpaired) electrons. The second kappa shape index (κ2) is 7.07. The van der Waals surface area contributed by atoms with Crippen LogP contribution < -0.4 is 0 Å². The lowest BCUT2D eigenvalue weighted by molar-refractivity contribution is -0.129. The van der Waals surface area contributed by atoms with Crippen LogP contribution in [0.3, 0.4) is 0 Å². The van der Waals surface area contributed by atoms with Crippen molar-refractivity contribution < 1.29 is 10.2 Å². The summed E-state index contributed by atoms with van der Waals surface area (Å²) in [6, 6.07) is 0. The van der Waals surface area contributed by atoms with E-state index in [2.05, 4.69) is 20.8 Å². The van der Waals surface area contributed by atoms with Crippen molar-refractivity contribution in [3.05, 3.63) is 0 Å². The fourth-order valence-corrected chi connectivity index (χ4v) is 8.83. The maximum atomic E-state index is 10.2. The molecule has 1 unspecified atom stereocenters. The van der Waals surface area contributed by atoms with Gasteiger partial charge in [0.25, 0.3) is 0 Å². The Morgan fingerprint density at radius 2 is 1.65 bits per heavy atom. The highest BCUT2D eigenvalue weighted by molar-refractivity contribution is 5.09. The average molecular weight is 363 g/mol. The standard InChI is InChI=1S/C24H42O2/c1-16(5-4-14-25)20-8-9-21-19-7-6-17-15-18(26)10-12-23(17,2)22(19)11-13-24(20,21)3/h16-22,25-26H,4-15H2,1-3H3/t16-,17-,18-,19+,20-,21+,22?,23+,24-/m1/s1. The first-order valence-electron chi connectivity index (χ1n) is 11.7. The van der Waals surface area contributed by atoms with Crippen molar-refractivity contribution in [3.8, 4) is 0 Å². The van der Waals surface area contributed by atoms with Gasteiger partial charge >= 0.3 is 0 Å². The number of hydrogen-bond acceptors (Lipinski definition) is 2. The van der Waals surface area contributed by atoms with Gasteiger partial charge in [-0.15, -0.1) is 0 Å². The topological polar surface area (TPSA) is 40.5 Å². The monoisotopic (exact) mass is 362 g/mol. The molecule has 0 aromatic heterocycles. The van der Waals surface area contributed by atoms with Crippen molar-refractivity contribution in [2.75, 3.05) is 6.61 Å². The Bertz CT molecular complexity index is 504. The van der Waals surface area contributed by atoms with Crippen molar-refractivity contribution in [2.24, 2.45) is 46.3 Å². The number of fused-ring (bicyclic) bond motifs is 5. The molecule has 9 atom stereocenters. The highest BCUT2D eigenvalue weighted by atomic mass is 16.3. The van der Waals surface area contributed by atoms with Gasteiger partial charge in [-0.2, -0.15) is 0 Å². The zero-order chi connectivity index (χ0) is 18.5. The fourth-order valence-electron chi connectivity index (χ4n) is 8.83. The maximum absolute atomic E-state index is 10.2. The van der Waals surface area contributed by atoms with E-state index in [0.717, 1.165) is 54.8 Å². The van der Waals surface area contributed by atoms with Crippen LogP contribution in [0.5, 0.6) is 0 Å². The molecule has 4 aliphatic rings. The van der Waals surface area contributed by atoms with Crippen LogP contribution >= 0.6 is 0 Å². The molecule has 26 heavy (non-hydrogen) atoms. The molecule has 0 aromatic carbocycles. The Morgan fingerprint density at radius 1 is 0.923 bits per heavy atom. The van der Waals surface area contributed by atoms with E-state index in [1.54, 1.807) is 0 Å². The van der Waals surface area contributed by atoms with Crippen LogP contribution in [0.4, 0.5) is 0 Å². The molecule has 2 heteroatoms. The van der Waals surface area contributed by atoms with Crippen LogP contribution in [0.2, 0.25) is 0 Å². The summed E-state index contributed by atoms with van der Waals surface area (Å²) in [4.78, 5) is 0. The molecule has 0 saturated heterocycles. The van der Waals surface area contributed by atoms with E-state index in [4.69, 9.17) is 0 Å². The van der Waals surface area contributed by atoms with E-state index >= 15 is 0 Å². The van der Waals surface area contributed by atoms with E-state index in [1.165, 1.54) is 51.4 Å². The van der Waals surface area contributed by atoms with Crippen molar-refractivity contribution >= 4 is 0 Å². The minimum Gasteiger partial charge on any atom is -0.396 e. The summed E-state index contributed by atoms with van der Waals surface area (Å²) in [5.74, 6) is 5.22. The average Bonchev–Trinajstić information content (AvgIpc) is 2.97. The molecule has 0 aromatic rings. The summed E-state index contributed by atoms with van der Waals surface area (Å²) in [5, 5.41) is 19.4. The van der Waals surface area contributed by atoms with Crippen molar-refractivity contribution in [1.29, 1.82) is 0 Å². The van der Waals surface area contributed by atoms with Crippen LogP contribution in [0.1, 0.15) is 91.4 Å². The number of hydrogen-bond donors (Lipinski definition) is 2. The predicted molar refractivity (Wildman–Crippen MR) is 107 cm³/mol. The smallest absolute Gasteiger partial charge is 0.0543 e. The van der Waals surface area contributed by atoms with Crippen LogP contribution in [-0.4, -0.2) is 22.9 Å². The zero-order valence-electron chi connectivity index (χ0n) is 17.4. The molecule has 4 rings (SSSR count). The minimum atomic E-state index is -0.0262. The van der Waals surface area contributed by atoms with Crippen molar-refractivity contribution in [2.45, 2.75) is 97.5 Å². The first kappa shape index (κ1) is 19.2. The van der Waals surface area contributed by atoms with Crippen LogP contribution in [0.25, 0.3) is 0 Å². The predicted octanol–water partition coefficient (Wildman–Crippen LogP) is 5.41. The molecule has 0 heterocycles. The van der Waals surface area contributed by atoms with Gasteiger partial charge < -0.3 is 10.2 Å². The van der Waals surface area contributed by atoms with E-state index in [9.17, 15) is 10.2 Å². The zero-order valence-corrected chi connectivity index (χ0v) is 17.4. The Labute approximate surface area is 161 Å². The number of rotatable bonds is 4. The van der Waals surface area contributed by atoms with Gasteiger partial charge in [-0.3, -0.25) is 0 Å². The highest BCUT2D eigenvalue weighted by Crippen LogP contribution is 2.68. The minimum absolute atomic E-state index is 0.0262. The van der Waals surface area contributed by atoms with Crippen LogP contribution in [0, 0.1) is 46.3 Å². The molecule has 0 aliphatic heterocycles. The first-order valence-corrected chi connectivity index (χ1v) is 11.7. The Kier molecular flexibility index (Phi) is 5.23. The maximum Gasteiger partial charge on any atom is 0.0543 e. The lowest BCUT2D eigenvalue weighted by Crippen LogP contribution is -2.54. The third kappa shape index (κ3) is 2.89. The Balaban J connectivity index is 1.52. The van der Waals surface area contributed by atoms with E-state index < -0.39 is 0 Å². The number of aliphatic hydroxyl groups is 2. The molecule has 2 nitrogen and oxygen atoms in total. The van der Waals surface area contributed by atoms with Gasteiger partial charge in [0.2, 0.25) is 0 Å². The second-order valence-electron chi connectivity index (χ2n) is 11.2. The summed E-state index contributed by atoms with van der Waals surface area (Å²) in [5.41, 5.74) is 1.05. The molecule has 150 valence electrons. The number of aliphatic hydroxyl groups excluding tert-OH is 2. The largest absolute Gasteiger partial charge is 0.396 e. The molecule has 4 aliphatic carbocycles. The second-order valence-corrected chi connectivity index (χ2v) is 11.2. The van der Waals surface area contributed by atoms with E-state index in [1.807, 2.05) is 0 Å². The SMILES string of the molecule is C[C@H](CCCO)[C@H]1CC[C@H]2[C@@H]3CC[C@@H]4C[C@H](O)CC[C@]4(C)C3CC[C@]12C. The molecule has 2 N–H and O–H groups in total. The summed E-state index contributed by atoms with van der Waals surface area (Å²) in [6.07, 6.45) is 14.1. The van der Waals surface area contributed by atoms with Gasteiger partial charge in [0.1, 0.15) is 0 Å². The molecule has 0 amide bonds. The lowest BCUT2D eigenvalue weighted by Gasteiger charge is -2.61. The molecular formula is C24H42O2. The summed E-state index contributed by atoms with van der Waals surface area (Å²) < 4.78 is 0. The highest BCUT2D eigenvalue weighted by Gasteiger charge is 2.60. The molecule has 4 fully saturated rings. The van der Waals surface area contributed by atoms with Gasteiger partial charge in [-0.1, -0.05) is 20.8 Å². The quantitative estimate of drug-likeness (QED) is 0.701. The molecule has 4 saturated carbocycles. The van der Waals surface area contributed by atoms with Crippen molar-refractivity contribution in [1.82, 2.24) is 0 Å². The van der Waals surface area contributed by atoms with Gasteiger partial charge in [-0.25, -0.2) is 0 Å². The third-order valence-corrected chi connectivity index (χ3v) is 10.2. The van der Waals surface area contributed by atoms with Gasteiger partial charge in [-0.05, 0) is 117 Å². The molecule has 0 bridgehead atoms. The van der Waals surface area contributed by atoms with Crippen molar-refractivity contribution in [3.63, 3.8) is 0 Å². The normalized spacial score (nSPS) is 52.0. The Hall–Kier alpha value is -0.0800. The fraction of sp³-hybridized carbons (Fsp3) is 1.00. The molecule has 0 spiro atoms. The van der Waals surface area contributed by atoms with Crippen LogP contribution in [0.15, 0.2) is 0 Å². The van der Waals surface area contributed by atoms with Gasteiger partial charge in [0.05, 0.1) is 6.10 Å².